The van der Waals surface area contributed by atoms with Crippen molar-refractivity contribution in [2.75, 3.05) is 20.2 Å². The average Bonchev–Trinajstić information content (AvgIpc) is 3.11. The molecular formula is C22H31N3O3. The Morgan fingerprint density at radius 3 is 2.82 bits per heavy atom. The van der Waals surface area contributed by atoms with Gasteiger partial charge in [0.25, 0.3) is 0 Å². The quantitative estimate of drug-likeness (QED) is 0.789. The zero-order valence-electron chi connectivity index (χ0n) is 16.7. The predicted molar refractivity (Wildman–Crippen MR) is 109 cm³/mol. The highest BCUT2D eigenvalue weighted by molar-refractivity contribution is 5.76. The Bertz CT molecular complexity index is 812. The van der Waals surface area contributed by atoms with Gasteiger partial charge in [0.2, 0.25) is 0 Å². The molecule has 2 fully saturated rings. The first kappa shape index (κ1) is 19.2. The molecule has 6 heteroatoms. The van der Waals surface area contributed by atoms with Gasteiger partial charge in [-0.05, 0) is 49.8 Å². The number of likely N-dealkylation sites (tertiary alicyclic amines) is 1. The number of H-pyrrole nitrogens is 1. The number of rotatable bonds is 6. The van der Waals surface area contributed by atoms with Crippen LogP contribution in [0.5, 0.6) is 5.75 Å². The first-order valence-corrected chi connectivity index (χ1v) is 10.6. The summed E-state index contributed by atoms with van der Waals surface area (Å²) >= 11 is 0. The summed E-state index contributed by atoms with van der Waals surface area (Å²) in [6, 6.07) is 6.54. The summed E-state index contributed by atoms with van der Waals surface area (Å²) in [5.74, 6) is 1.63. The number of nitrogens with one attached hydrogen (secondary N) is 1. The van der Waals surface area contributed by atoms with Crippen LogP contribution in [0.3, 0.4) is 0 Å². The van der Waals surface area contributed by atoms with E-state index in [1.165, 1.54) is 32.1 Å². The standard InChI is InChI=1S/C22H31N3O3/c1-28-18-7-8-19-20(13-18)24-21(23-19)11-16-14-25(17-5-3-2-4-6-17)10-9-15(16)12-22(26)27/h7-8,13,15-17H,2-6,9-12,14H2,1H3,(H,23,24)(H,26,27)/t15-,16-/m0/s1. The van der Waals surface area contributed by atoms with Crippen molar-refractivity contribution in [1.82, 2.24) is 14.9 Å². The fourth-order valence-electron chi connectivity index (χ4n) is 5.12. The van der Waals surface area contributed by atoms with Crippen LogP contribution >= 0.6 is 0 Å². The minimum absolute atomic E-state index is 0.222. The number of aromatic amines is 1. The van der Waals surface area contributed by atoms with Gasteiger partial charge < -0.3 is 19.7 Å². The van der Waals surface area contributed by atoms with Crippen LogP contribution in [0.1, 0.15) is 50.8 Å². The summed E-state index contributed by atoms with van der Waals surface area (Å²) < 4.78 is 5.30. The number of carboxylic acid groups (broad SMARTS) is 1. The van der Waals surface area contributed by atoms with Crippen LogP contribution < -0.4 is 4.74 Å². The van der Waals surface area contributed by atoms with Gasteiger partial charge in [0.1, 0.15) is 11.6 Å². The van der Waals surface area contributed by atoms with Crippen molar-refractivity contribution in [1.29, 1.82) is 0 Å². The summed E-state index contributed by atoms with van der Waals surface area (Å²) in [5.41, 5.74) is 1.91. The Morgan fingerprint density at radius 2 is 2.07 bits per heavy atom. The number of piperidine rings is 1. The van der Waals surface area contributed by atoms with E-state index >= 15 is 0 Å². The number of hydrogen-bond acceptors (Lipinski definition) is 4. The molecule has 1 aliphatic heterocycles. The minimum Gasteiger partial charge on any atom is -0.497 e. The maximum absolute atomic E-state index is 11.4. The highest BCUT2D eigenvalue weighted by atomic mass is 16.5. The molecule has 1 aliphatic carbocycles. The lowest BCUT2D eigenvalue weighted by molar-refractivity contribution is -0.139. The molecule has 1 saturated heterocycles. The molecular weight excluding hydrogens is 354 g/mol. The van der Waals surface area contributed by atoms with Gasteiger partial charge in [-0.3, -0.25) is 4.79 Å². The van der Waals surface area contributed by atoms with Gasteiger partial charge in [0, 0.05) is 31.5 Å². The van der Waals surface area contributed by atoms with Crippen molar-refractivity contribution >= 4 is 17.0 Å². The Morgan fingerprint density at radius 1 is 1.25 bits per heavy atom. The van der Waals surface area contributed by atoms with Crippen molar-refractivity contribution < 1.29 is 14.6 Å². The number of benzene rings is 1. The number of aromatic nitrogens is 2. The maximum atomic E-state index is 11.4. The highest BCUT2D eigenvalue weighted by Crippen LogP contribution is 2.33. The molecule has 2 N–H and O–H groups in total. The molecule has 0 unspecified atom stereocenters. The Balaban J connectivity index is 1.51. The van der Waals surface area contributed by atoms with E-state index in [1.54, 1.807) is 7.11 Å². The second kappa shape index (κ2) is 8.52. The molecule has 0 spiro atoms. The number of imidazole rings is 1. The van der Waals surface area contributed by atoms with Crippen molar-refractivity contribution in [3.05, 3.63) is 24.0 Å². The molecule has 1 aromatic carbocycles. The van der Waals surface area contributed by atoms with Gasteiger partial charge in [0.15, 0.2) is 0 Å². The number of carboxylic acids is 1. The van der Waals surface area contributed by atoms with Crippen molar-refractivity contribution in [3.8, 4) is 5.75 Å². The third kappa shape index (κ3) is 4.32. The molecule has 0 bridgehead atoms. The summed E-state index contributed by atoms with van der Waals surface area (Å²) in [6.07, 6.45) is 8.64. The second-order valence-electron chi connectivity index (χ2n) is 8.46. The van der Waals surface area contributed by atoms with Crippen LogP contribution in [0, 0.1) is 11.8 Å². The van der Waals surface area contributed by atoms with E-state index in [4.69, 9.17) is 9.72 Å². The Labute approximate surface area is 166 Å². The van der Waals surface area contributed by atoms with E-state index in [2.05, 4.69) is 9.88 Å². The largest absolute Gasteiger partial charge is 0.497 e. The van der Waals surface area contributed by atoms with Crippen LogP contribution in [0.2, 0.25) is 0 Å². The van der Waals surface area contributed by atoms with E-state index in [0.29, 0.717) is 12.0 Å². The molecule has 152 valence electrons. The van der Waals surface area contributed by atoms with E-state index in [0.717, 1.165) is 48.5 Å². The number of fused-ring (bicyclic) bond motifs is 1. The first-order valence-electron chi connectivity index (χ1n) is 10.6. The Hall–Kier alpha value is -2.08. The van der Waals surface area contributed by atoms with Crippen molar-refractivity contribution in [3.63, 3.8) is 0 Å². The van der Waals surface area contributed by atoms with Gasteiger partial charge >= 0.3 is 5.97 Å². The molecule has 2 atom stereocenters. The smallest absolute Gasteiger partial charge is 0.303 e. The molecule has 4 rings (SSSR count). The molecule has 2 heterocycles. The molecule has 6 nitrogen and oxygen atoms in total. The highest BCUT2D eigenvalue weighted by Gasteiger charge is 2.34. The maximum Gasteiger partial charge on any atom is 0.303 e. The topological polar surface area (TPSA) is 78.4 Å². The van der Waals surface area contributed by atoms with E-state index in [1.807, 2.05) is 18.2 Å². The van der Waals surface area contributed by atoms with Crippen LogP contribution in [0.4, 0.5) is 0 Å². The molecule has 0 amide bonds. The van der Waals surface area contributed by atoms with E-state index in [9.17, 15) is 9.90 Å². The number of methoxy groups -OCH3 is 1. The Kier molecular flexibility index (Phi) is 5.85. The first-order chi connectivity index (χ1) is 13.6. The third-order valence-corrected chi connectivity index (χ3v) is 6.64. The average molecular weight is 386 g/mol. The lowest BCUT2D eigenvalue weighted by atomic mass is 9.79. The number of ether oxygens (including phenoxy) is 1. The number of hydrogen-bond donors (Lipinski definition) is 2. The molecule has 28 heavy (non-hydrogen) atoms. The lowest BCUT2D eigenvalue weighted by Crippen LogP contribution is -2.47. The molecule has 2 aliphatic rings. The van der Waals surface area contributed by atoms with Gasteiger partial charge in [-0.15, -0.1) is 0 Å². The molecule has 0 radical (unpaired) electrons. The van der Waals surface area contributed by atoms with E-state index < -0.39 is 5.97 Å². The zero-order chi connectivity index (χ0) is 19.5. The van der Waals surface area contributed by atoms with Gasteiger partial charge in [-0.1, -0.05) is 19.3 Å². The second-order valence-corrected chi connectivity index (χ2v) is 8.46. The monoisotopic (exact) mass is 385 g/mol. The van der Waals surface area contributed by atoms with Crippen molar-refractivity contribution in [2.45, 2.75) is 57.4 Å². The van der Waals surface area contributed by atoms with Gasteiger partial charge in [-0.2, -0.15) is 0 Å². The van der Waals surface area contributed by atoms with Crippen LogP contribution in [-0.2, 0) is 11.2 Å². The summed E-state index contributed by atoms with van der Waals surface area (Å²) in [5, 5.41) is 9.39. The summed E-state index contributed by atoms with van der Waals surface area (Å²) in [6.45, 7) is 2.03. The van der Waals surface area contributed by atoms with Crippen LogP contribution in [0.15, 0.2) is 18.2 Å². The fourth-order valence-corrected chi connectivity index (χ4v) is 5.12. The number of nitrogens with zero attached hydrogens (tertiary/aromatic N) is 2. The third-order valence-electron chi connectivity index (χ3n) is 6.64. The summed E-state index contributed by atoms with van der Waals surface area (Å²) in [7, 11) is 1.66. The number of carbonyl (C=O) groups is 1. The van der Waals surface area contributed by atoms with Crippen LogP contribution in [-0.4, -0.2) is 52.2 Å². The summed E-state index contributed by atoms with van der Waals surface area (Å²) in [4.78, 5) is 22.2. The number of aliphatic carboxylic acids is 1. The zero-order valence-corrected chi connectivity index (χ0v) is 16.7. The van der Waals surface area contributed by atoms with Crippen molar-refractivity contribution in [2.24, 2.45) is 11.8 Å². The molecule has 2 aromatic rings. The SMILES string of the molecule is COc1ccc2nc(C[C@H]3CN(C4CCCCC4)CC[C@H]3CC(=O)O)[nH]c2c1. The molecule has 1 aromatic heterocycles. The van der Waals surface area contributed by atoms with E-state index in [-0.39, 0.29) is 12.3 Å². The normalized spacial score (nSPS) is 24.5. The van der Waals surface area contributed by atoms with Gasteiger partial charge in [0.05, 0.1) is 18.1 Å². The predicted octanol–water partition coefficient (Wildman–Crippen LogP) is 3.86. The molecule has 1 saturated carbocycles. The fraction of sp³-hybridized carbons (Fsp3) is 0.636. The van der Waals surface area contributed by atoms with Crippen LogP contribution in [0.25, 0.3) is 11.0 Å². The minimum atomic E-state index is -0.685. The lowest BCUT2D eigenvalue weighted by Gasteiger charge is -2.43. The van der Waals surface area contributed by atoms with Gasteiger partial charge in [-0.25, -0.2) is 4.98 Å².